The molecule has 0 saturated carbocycles. The molecule has 136 valence electrons. The summed E-state index contributed by atoms with van der Waals surface area (Å²) in [5.41, 5.74) is 1.44. The number of nitrogens with zero attached hydrogens (tertiary/aromatic N) is 3. The fourth-order valence-electron chi connectivity index (χ4n) is 3.34. The Hall–Kier alpha value is -3.98. The van der Waals surface area contributed by atoms with Gasteiger partial charge in [0.1, 0.15) is 5.69 Å². The lowest BCUT2D eigenvalue weighted by atomic mass is 9.98. The molecular formula is C22H16N4O2. The highest BCUT2D eigenvalue weighted by Gasteiger charge is 2.31. The van der Waals surface area contributed by atoms with Crippen molar-refractivity contribution in [2.75, 3.05) is 5.32 Å². The Balaban J connectivity index is 1.74. The fraction of sp³-hybridized carbons (Fsp3) is 0.0909. The molecule has 0 spiro atoms. The normalized spacial score (nSPS) is 11.9. The van der Waals surface area contributed by atoms with Crippen LogP contribution in [0.25, 0.3) is 21.7 Å². The van der Waals surface area contributed by atoms with Crippen LogP contribution in [-0.4, -0.2) is 21.5 Å². The van der Waals surface area contributed by atoms with Crippen LogP contribution in [-0.2, 0) is 11.8 Å². The van der Waals surface area contributed by atoms with Crippen molar-refractivity contribution in [2.45, 2.75) is 0 Å². The minimum atomic E-state index is -1.48. The molecule has 1 atom stereocenters. The van der Waals surface area contributed by atoms with Gasteiger partial charge in [0, 0.05) is 23.5 Å². The summed E-state index contributed by atoms with van der Waals surface area (Å²) in [4.78, 5) is 25.5. The van der Waals surface area contributed by atoms with E-state index >= 15 is 0 Å². The van der Waals surface area contributed by atoms with Gasteiger partial charge in [0.25, 0.3) is 0 Å². The molecule has 1 unspecified atom stereocenters. The average Bonchev–Trinajstić information content (AvgIpc) is 3.06. The number of nitriles is 1. The maximum absolute atomic E-state index is 13.0. The summed E-state index contributed by atoms with van der Waals surface area (Å²) >= 11 is 0. The molecule has 28 heavy (non-hydrogen) atoms. The molecule has 0 fully saturated rings. The second kappa shape index (κ2) is 6.97. The van der Waals surface area contributed by atoms with Crippen LogP contribution in [0.2, 0.25) is 0 Å². The van der Waals surface area contributed by atoms with Crippen LogP contribution in [0.3, 0.4) is 0 Å². The number of hydrogen-bond acceptors (Lipinski definition) is 4. The lowest BCUT2D eigenvalue weighted by Gasteiger charge is -2.08. The molecule has 1 heterocycles. The number of ketones is 1. The number of benzene rings is 3. The number of amides is 1. The van der Waals surface area contributed by atoms with Crippen LogP contribution in [0, 0.1) is 17.2 Å². The van der Waals surface area contributed by atoms with E-state index in [1.807, 2.05) is 42.5 Å². The molecule has 4 rings (SSSR count). The van der Waals surface area contributed by atoms with Crippen molar-refractivity contribution in [3.8, 4) is 6.07 Å². The van der Waals surface area contributed by atoms with Crippen molar-refractivity contribution in [1.82, 2.24) is 9.78 Å². The SMILES string of the molecule is Cn1nc(C(=O)C(C#N)C(=O)Nc2ccccc2)c2ccc3ccccc3c21. The maximum Gasteiger partial charge on any atom is 0.249 e. The van der Waals surface area contributed by atoms with Crippen molar-refractivity contribution in [1.29, 1.82) is 5.26 Å². The van der Waals surface area contributed by atoms with Gasteiger partial charge < -0.3 is 5.32 Å². The highest BCUT2D eigenvalue weighted by Crippen LogP contribution is 2.28. The molecule has 6 nitrogen and oxygen atoms in total. The number of carbonyl (C=O) groups excluding carboxylic acids is 2. The predicted molar refractivity (Wildman–Crippen MR) is 107 cm³/mol. The molecule has 0 bridgehead atoms. The zero-order chi connectivity index (χ0) is 19.7. The molecule has 4 aromatic rings. The summed E-state index contributed by atoms with van der Waals surface area (Å²) in [7, 11) is 1.75. The first-order chi connectivity index (χ1) is 13.6. The van der Waals surface area contributed by atoms with E-state index in [0.717, 1.165) is 16.3 Å². The molecule has 6 heteroatoms. The van der Waals surface area contributed by atoms with Gasteiger partial charge in [-0.15, -0.1) is 0 Å². The van der Waals surface area contributed by atoms with Gasteiger partial charge in [-0.3, -0.25) is 14.3 Å². The largest absolute Gasteiger partial charge is 0.325 e. The summed E-state index contributed by atoms with van der Waals surface area (Å²) < 4.78 is 1.62. The topological polar surface area (TPSA) is 87.8 Å². The molecule has 3 aromatic carbocycles. The third-order valence-electron chi connectivity index (χ3n) is 4.66. The van der Waals surface area contributed by atoms with E-state index in [1.54, 1.807) is 42.1 Å². The summed E-state index contributed by atoms with van der Waals surface area (Å²) in [5.74, 6) is -2.76. The van der Waals surface area contributed by atoms with Crippen molar-refractivity contribution in [3.05, 3.63) is 72.4 Å². The van der Waals surface area contributed by atoms with Crippen LogP contribution in [0.5, 0.6) is 0 Å². The van der Waals surface area contributed by atoms with Gasteiger partial charge in [0.15, 0.2) is 5.92 Å². The average molecular weight is 368 g/mol. The van der Waals surface area contributed by atoms with E-state index in [0.29, 0.717) is 11.1 Å². The second-order valence-corrected chi connectivity index (χ2v) is 6.44. The molecule has 0 aliphatic carbocycles. The lowest BCUT2D eigenvalue weighted by Crippen LogP contribution is -2.29. The van der Waals surface area contributed by atoms with E-state index < -0.39 is 17.6 Å². The van der Waals surface area contributed by atoms with Gasteiger partial charge in [0.05, 0.1) is 11.6 Å². The Morgan fingerprint density at radius 1 is 1.00 bits per heavy atom. The Morgan fingerprint density at radius 3 is 2.46 bits per heavy atom. The highest BCUT2D eigenvalue weighted by atomic mass is 16.2. The monoisotopic (exact) mass is 368 g/mol. The number of nitrogens with one attached hydrogen (secondary N) is 1. The number of anilines is 1. The number of rotatable bonds is 4. The quantitative estimate of drug-likeness (QED) is 0.440. The summed E-state index contributed by atoms with van der Waals surface area (Å²) in [6.45, 7) is 0. The Kier molecular flexibility index (Phi) is 4.34. The second-order valence-electron chi connectivity index (χ2n) is 6.44. The minimum Gasteiger partial charge on any atom is -0.325 e. The standard InChI is InChI=1S/C22H16N4O2/c1-26-20-16-10-6-5-7-14(16)11-12-17(20)19(25-26)21(27)18(13-23)22(28)24-15-8-3-2-4-9-15/h2-12,18H,1H3,(H,24,28). The fourth-order valence-corrected chi connectivity index (χ4v) is 3.34. The van der Waals surface area contributed by atoms with E-state index in [-0.39, 0.29) is 5.69 Å². The van der Waals surface area contributed by atoms with E-state index in [1.165, 1.54) is 0 Å². The third-order valence-corrected chi connectivity index (χ3v) is 4.66. The zero-order valence-corrected chi connectivity index (χ0v) is 15.1. The van der Waals surface area contributed by atoms with E-state index in [2.05, 4.69) is 10.4 Å². The third kappa shape index (κ3) is 2.89. The van der Waals surface area contributed by atoms with Crippen molar-refractivity contribution < 1.29 is 9.59 Å². The van der Waals surface area contributed by atoms with Gasteiger partial charge in [-0.2, -0.15) is 10.4 Å². The molecule has 0 radical (unpaired) electrons. The number of para-hydroxylation sites is 1. The molecule has 0 saturated heterocycles. The molecule has 0 aliphatic heterocycles. The number of fused-ring (bicyclic) bond motifs is 3. The molecule has 1 N–H and O–H groups in total. The number of hydrogen-bond donors (Lipinski definition) is 1. The van der Waals surface area contributed by atoms with Crippen LogP contribution >= 0.6 is 0 Å². The molecule has 0 aliphatic rings. The van der Waals surface area contributed by atoms with Crippen LogP contribution in [0.15, 0.2) is 66.7 Å². The number of aromatic nitrogens is 2. The first-order valence-electron chi connectivity index (χ1n) is 8.74. The van der Waals surface area contributed by atoms with Crippen molar-refractivity contribution in [3.63, 3.8) is 0 Å². The van der Waals surface area contributed by atoms with Crippen LogP contribution in [0.4, 0.5) is 5.69 Å². The Morgan fingerprint density at radius 2 is 1.71 bits per heavy atom. The maximum atomic E-state index is 13.0. The van der Waals surface area contributed by atoms with Gasteiger partial charge >= 0.3 is 0 Å². The summed E-state index contributed by atoms with van der Waals surface area (Å²) in [5, 5.41) is 19.0. The number of carbonyl (C=O) groups is 2. The van der Waals surface area contributed by atoms with Gasteiger partial charge in [0.2, 0.25) is 11.7 Å². The number of aryl methyl sites for hydroxylation is 1. The van der Waals surface area contributed by atoms with Crippen LogP contribution < -0.4 is 5.32 Å². The van der Waals surface area contributed by atoms with Gasteiger partial charge in [-0.05, 0) is 23.6 Å². The zero-order valence-electron chi connectivity index (χ0n) is 15.1. The van der Waals surface area contributed by atoms with Crippen molar-refractivity contribution >= 4 is 39.1 Å². The summed E-state index contributed by atoms with van der Waals surface area (Å²) in [6.07, 6.45) is 0. The number of Topliss-reactive ketones (excluding diaryl/α,β-unsaturated/α-hetero) is 1. The molecular weight excluding hydrogens is 352 g/mol. The lowest BCUT2D eigenvalue weighted by molar-refractivity contribution is -0.117. The molecule has 1 aromatic heterocycles. The van der Waals surface area contributed by atoms with Gasteiger partial charge in [-0.1, -0.05) is 48.5 Å². The minimum absolute atomic E-state index is 0.123. The Bertz CT molecular complexity index is 1250. The van der Waals surface area contributed by atoms with Gasteiger partial charge in [-0.25, -0.2) is 0 Å². The summed E-state index contributed by atoms with van der Waals surface area (Å²) in [6, 6.07) is 22.0. The molecule has 1 amide bonds. The van der Waals surface area contributed by atoms with Crippen molar-refractivity contribution in [2.24, 2.45) is 13.0 Å². The first-order valence-corrected chi connectivity index (χ1v) is 8.74. The first kappa shape index (κ1) is 17.4. The Labute approximate surface area is 161 Å². The highest BCUT2D eigenvalue weighted by molar-refractivity contribution is 6.21. The smallest absolute Gasteiger partial charge is 0.249 e. The predicted octanol–water partition coefficient (Wildman–Crippen LogP) is 3.69. The van der Waals surface area contributed by atoms with E-state index in [4.69, 9.17) is 0 Å². The van der Waals surface area contributed by atoms with Crippen LogP contribution in [0.1, 0.15) is 10.5 Å². The van der Waals surface area contributed by atoms with E-state index in [9.17, 15) is 14.9 Å².